The van der Waals surface area contributed by atoms with Crippen LogP contribution in [0.1, 0.15) is 34.1 Å². The largest absolute Gasteiger partial charge is 0.371 e. The summed E-state index contributed by atoms with van der Waals surface area (Å²) in [5.41, 5.74) is -0.256. The third-order valence-electron chi connectivity index (χ3n) is 3.25. The number of halogens is 1. The Bertz CT molecular complexity index is 255. The number of alkyl halides is 1. The minimum Gasteiger partial charge on any atom is -0.371 e. The van der Waals surface area contributed by atoms with Gasteiger partial charge in [-0.15, -0.1) is 0 Å². The van der Waals surface area contributed by atoms with E-state index in [9.17, 15) is 4.79 Å². The molecule has 4 heteroatoms. The number of carbonyl (C=O) groups is 1. The molecule has 0 saturated carbocycles. The summed E-state index contributed by atoms with van der Waals surface area (Å²) in [4.78, 5) is 14.3. The second-order valence-electron chi connectivity index (χ2n) is 5.17. The lowest BCUT2D eigenvalue weighted by molar-refractivity contribution is -0.151. The minimum absolute atomic E-state index is 0.125. The first-order valence-electron chi connectivity index (χ1n) is 5.91. The van der Waals surface area contributed by atoms with Gasteiger partial charge in [0.1, 0.15) is 0 Å². The molecule has 1 saturated heterocycles. The number of amides is 1. The van der Waals surface area contributed by atoms with Crippen molar-refractivity contribution < 1.29 is 9.53 Å². The van der Waals surface area contributed by atoms with Gasteiger partial charge >= 0.3 is 0 Å². The Morgan fingerprint density at radius 2 is 2.12 bits per heavy atom. The van der Waals surface area contributed by atoms with E-state index in [4.69, 9.17) is 4.74 Å². The molecule has 1 amide bonds. The first-order valence-corrected chi connectivity index (χ1v) is 7.03. The summed E-state index contributed by atoms with van der Waals surface area (Å²) >= 11 is 3.42. The van der Waals surface area contributed by atoms with Crippen LogP contribution in [0, 0.1) is 5.41 Å². The Balaban J connectivity index is 2.69. The lowest BCUT2D eigenvalue weighted by Crippen LogP contribution is -2.53. The average Bonchev–Trinajstić information content (AvgIpc) is 2.27. The summed E-state index contributed by atoms with van der Waals surface area (Å²) in [7, 11) is 0. The van der Waals surface area contributed by atoms with Crippen molar-refractivity contribution in [1.82, 2.24) is 4.90 Å². The van der Waals surface area contributed by atoms with Gasteiger partial charge in [0.05, 0.1) is 12.2 Å². The van der Waals surface area contributed by atoms with Crippen LogP contribution in [0.2, 0.25) is 0 Å². The van der Waals surface area contributed by atoms with Gasteiger partial charge in [0.25, 0.3) is 0 Å². The molecular weight excluding hydrogens is 270 g/mol. The molecule has 16 heavy (non-hydrogen) atoms. The molecule has 0 bridgehead atoms. The maximum absolute atomic E-state index is 12.3. The summed E-state index contributed by atoms with van der Waals surface area (Å²) in [6.45, 7) is 9.53. The quantitative estimate of drug-likeness (QED) is 0.748. The van der Waals surface area contributed by atoms with Crippen LogP contribution < -0.4 is 0 Å². The molecule has 0 aromatic carbocycles. The van der Waals surface area contributed by atoms with Crippen LogP contribution in [0.4, 0.5) is 0 Å². The number of carbonyl (C=O) groups excluding carboxylic acids is 1. The van der Waals surface area contributed by atoms with Crippen LogP contribution in [-0.2, 0) is 9.53 Å². The minimum atomic E-state index is -0.256. The van der Waals surface area contributed by atoms with E-state index in [-0.39, 0.29) is 23.5 Å². The first-order chi connectivity index (χ1) is 7.40. The fourth-order valence-corrected chi connectivity index (χ4v) is 2.23. The molecule has 1 fully saturated rings. The number of ether oxygens (including phenoxy) is 1. The van der Waals surface area contributed by atoms with Gasteiger partial charge in [-0.05, 0) is 13.3 Å². The van der Waals surface area contributed by atoms with Gasteiger partial charge in [-0.25, -0.2) is 0 Å². The topological polar surface area (TPSA) is 29.5 Å². The highest BCUT2D eigenvalue weighted by molar-refractivity contribution is 9.09. The first kappa shape index (κ1) is 14.0. The average molecular weight is 292 g/mol. The number of rotatable bonds is 3. The van der Waals surface area contributed by atoms with E-state index in [1.807, 2.05) is 25.7 Å². The van der Waals surface area contributed by atoms with Gasteiger partial charge in [-0.3, -0.25) is 4.79 Å². The monoisotopic (exact) mass is 291 g/mol. The zero-order valence-electron chi connectivity index (χ0n) is 10.6. The van der Waals surface area contributed by atoms with Gasteiger partial charge < -0.3 is 9.64 Å². The molecule has 1 aliphatic heterocycles. The number of nitrogens with zero attached hydrogens (tertiary/aromatic N) is 1. The lowest BCUT2D eigenvalue weighted by atomic mass is 9.88. The third-order valence-corrected chi connectivity index (χ3v) is 3.97. The Morgan fingerprint density at radius 3 is 2.62 bits per heavy atom. The highest BCUT2D eigenvalue weighted by Crippen LogP contribution is 2.25. The molecule has 1 heterocycles. The summed E-state index contributed by atoms with van der Waals surface area (Å²) in [5, 5.41) is 0.785. The van der Waals surface area contributed by atoms with Crippen LogP contribution in [0.5, 0.6) is 0 Å². The van der Waals surface area contributed by atoms with Gasteiger partial charge in [0.2, 0.25) is 5.91 Å². The summed E-state index contributed by atoms with van der Waals surface area (Å²) in [5.74, 6) is 0.246. The maximum Gasteiger partial charge on any atom is 0.228 e. The van der Waals surface area contributed by atoms with Crippen LogP contribution in [0.15, 0.2) is 0 Å². The van der Waals surface area contributed by atoms with Crippen molar-refractivity contribution in [2.24, 2.45) is 5.41 Å². The van der Waals surface area contributed by atoms with Crippen molar-refractivity contribution in [3.8, 4) is 0 Å². The predicted molar refractivity (Wildman–Crippen MR) is 68.8 cm³/mol. The Hall–Kier alpha value is -0.0900. The molecule has 2 unspecified atom stereocenters. The summed E-state index contributed by atoms with van der Waals surface area (Å²) < 4.78 is 5.72. The molecule has 0 aliphatic carbocycles. The van der Waals surface area contributed by atoms with Gasteiger partial charge in [-0.1, -0.05) is 36.7 Å². The standard InChI is InChI=1S/C12H22BrNO2/c1-5-12(3,4)11(15)14-7-9(2)16-10(6-13)8-14/h9-10H,5-8H2,1-4H3. The number of morpholine rings is 1. The van der Waals surface area contributed by atoms with E-state index in [1.165, 1.54) is 0 Å². The van der Waals surface area contributed by atoms with E-state index in [0.29, 0.717) is 13.1 Å². The molecule has 3 nitrogen and oxygen atoms in total. The molecular formula is C12H22BrNO2. The van der Waals surface area contributed by atoms with Crippen LogP contribution >= 0.6 is 15.9 Å². The number of hydrogen-bond donors (Lipinski definition) is 0. The van der Waals surface area contributed by atoms with Crippen molar-refractivity contribution in [3.05, 3.63) is 0 Å². The van der Waals surface area contributed by atoms with E-state index in [1.54, 1.807) is 0 Å². The van der Waals surface area contributed by atoms with Gasteiger partial charge in [-0.2, -0.15) is 0 Å². The normalized spacial score (nSPS) is 26.9. The second-order valence-corrected chi connectivity index (χ2v) is 5.82. The molecule has 0 spiro atoms. The van der Waals surface area contributed by atoms with Crippen LogP contribution in [0.25, 0.3) is 0 Å². The summed E-state index contributed by atoms with van der Waals surface area (Å²) in [6, 6.07) is 0. The van der Waals surface area contributed by atoms with Crippen LogP contribution in [0.3, 0.4) is 0 Å². The Morgan fingerprint density at radius 1 is 1.50 bits per heavy atom. The number of hydrogen-bond acceptors (Lipinski definition) is 2. The van der Waals surface area contributed by atoms with Crippen molar-refractivity contribution >= 4 is 21.8 Å². The molecule has 0 N–H and O–H groups in total. The fourth-order valence-electron chi connectivity index (χ4n) is 1.88. The van der Waals surface area contributed by atoms with Gasteiger partial charge in [0.15, 0.2) is 0 Å². The lowest BCUT2D eigenvalue weighted by Gasteiger charge is -2.39. The van der Waals surface area contributed by atoms with Crippen molar-refractivity contribution in [1.29, 1.82) is 0 Å². The predicted octanol–water partition coefficient (Wildman–Crippen LogP) is 2.43. The fraction of sp³-hybridized carbons (Fsp3) is 0.917. The zero-order valence-corrected chi connectivity index (χ0v) is 12.2. The van der Waals surface area contributed by atoms with Crippen molar-refractivity contribution in [3.63, 3.8) is 0 Å². The molecule has 1 rings (SSSR count). The van der Waals surface area contributed by atoms with Crippen LogP contribution in [-0.4, -0.2) is 41.4 Å². The molecule has 0 aromatic heterocycles. The maximum atomic E-state index is 12.3. The summed E-state index contributed by atoms with van der Waals surface area (Å²) in [6.07, 6.45) is 1.13. The smallest absolute Gasteiger partial charge is 0.228 e. The Labute approximate surface area is 107 Å². The molecule has 1 aliphatic rings. The van der Waals surface area contributed by atoms with E-state index in [0.717, 1.165) is 11.8 Å². The molecule has 94 valence electrons. The van der Waals surface area contributed by atoms with Gasteiger partial charge in [0, 0.05) is 23.8 Å². The van der Waals surface area contributed by atoms with E-state index < -0.39 is 0 Å². The van der Waals surface area contributed by atoms with Crippen molar-refractivity contribution in [2.45, 2.75) is 46.3 Å². The molecule has 0 radical (unpaired) electrons. The SMILES string of the molecule is CCC(C)(C)C(=O)N1CC(C)OC(CBr)C1. The highest BCUT2D eigenvalue weighted by atomic mass is 79.9. The van der Waals surface area contributed by atoms with Crippen molar-refractivity contribution in [2.75, 3.05) is 18.4 Å². The van der Waals surface area contributed by atoms with E-state index in [2.05, 4.69) is 22.9 Å². The third kappa shape index (κ3) is 3.20. The zero-order chi connectivity index (χ0) is 12.3. The Kier molecular flexibility index (Phi) is 4.80. The second kappa shape index (κ2) is 5.50. The highest BCUT2D eigenvalue weighted by Gasteiger charge is 2.35. The van der Waals surface area contributed by atoms with E-state index >= 15 is 0 Å². The molecule has 2 atom stereocenters. The molecule has 0 aromatic rings.